The van der Waals surface area contributed by atoms with Crippen LogP contribution in [-0.2, 0) is 11.2 Å². The molecule has 88 valence electrons. The van der Waals surface area contributed by atoms with E-state index in [4.69, 9.17) is 14.5 Å². The van der Waals surface area contributed by atoms with Crippen molar-refractivity contribution in [2.45, 2.75) is 39.7 Å². The van der Waals surface area contributed by atoms with Gasteiger partial charge in [-0.05, 0) is 19.8 Å². The van der Waals surface area contributed by atoms with Crippen molar-refractivity contribution in [2.24, 2.45) is 5.92 Å². The zero-order chi connectivity index (χ0) is 12.0. The van der Waals surface area contributed by atoms with Crippen LogP contribution in [0.15, 0.2) is 4.52 Å². The van der Waals surface area contributed by atoms with E-state index in [1.165, 1.54) is 0 Å². The zero-order valence-corrected chi connectivity index (χ0v) is 9.93. The summed E-state index contributed by atoms with van der Waals surface area (Å²) in [5, 5.41) is 12.4. The molecule has 0 fully saturated rings. The van der Waals surface area contributed by atoms with Crippen LogP contribution in [0.1, 0.15) is 45.0 Å². The van der Waals surface area contributed by atoms with Crippen molar-refractivity contribution < 1.29 is 9.26 Å². The Morgan fingerprint density at radius 3 is 2.88 bits per heavy atom. The molecule has 0 aliphatic heterocycles. The molecule has 0 saturated heterocycles. The van der Waals surface area contributed by atoms with Crippen molar-refractivity contribution in [3.05, 3.63) is 11.7 Å². The lowest BCUT2D eigenvalue weighted by atomic mass is 10.1. The van der Waals surface area contributed by atoms with Gasteiger partial charge in [0.25, 0.3) is 0 Å². The van der Waals surface area contributed by atoms with E-state index in [2.05, 4.69) is 16.2 Å². The Kier molecular flexibility index (Phi) is 4.93. The van der Waals surface area contributed by atoms with E-state index in [9.17, 15) is 0 Å². The van der Waals surface area contributed by atoms with Crippen molar-refractivity contribution in [3.8, 4) is 6.07 Å². The van der Waals surface area contributed by atoms with Gasteiger partial charge in [0.05, 0.1) is 6.07 Å². The van der Waals surface area contributed by atoms with Gasteiger partial charge in [0, 0.05) is 19.4 Å². The molecule has 0 aliphatic rings. The van der Waals surface area contributed by atoms with Crippen molar-refractivity contribution in [3.63, 3.8) is 0 Å². The van der Waals surface area contributed by atoms with Gasteiger partial charge in [-0.1, -0.05) is 12.1 Å². The summed E-state index contributed by atoms with van der Waals surface area (Å²) in [7, 11) is 0. The fourth-order valence-corrected chi connectivity index (χ4v) is 1.37. The Morgan fingerprint density at radius 1 is 1.50 bits per heavy atom. The topological polar surface area (TPSA) is 71.9 Å². The summed E-state index contributed by atoms with van der Waals surface area (Å²) in [4.78, 5) is 4.24. The molecule has 2 unspecified atom stereocenters. The lowest BCUT2D eigenvalue weighted by Gasteiger charge is -2.05. The third-order valence-corrected chi connectivity index (χ3v) is 2.23. The van der Waals surface area contributed by atoms with Gasteiger partial charge in [-0.15, -0.1) is 0 Å². The van der Waals surface area contributed by atoms with E-state index in [0.29, 0.717) is 31.2 Å². The number of aromatic nitrogens is 2. The number of hydrogen-bond acceptors (Lipinski definition) is 5. The van der Waals surface area contributed by atoms with E-state index in [-0.39, 0.29) is 12.0 Å². The molecular formula is C11H17N3O2. The Hall–Kier alpha value is -1.41. The lowest BCUT2D eigenvalue weighted by Crippen LogP contribution is -2.03. The lowest BCUT2D eigenvalue weighted by molar-refractivity contribution is 0.0683. The Labute approximate surface area is 95.4 Å². The third kappa shape index (κ3) is 3.63. The molecule has 0 bridgehead atoms. The van der Waals surface area contributed by atoms with E-state index >= 15 is 0 Å². The van der Waals surface area contributed by atoms with Gasteiger partial charge in [0.2, 0.25) is 5.89 Å². The normalized spacial score (nSPS) is 14.4. The number of nitriles is 1. The highest BCUT2D eigenvalue weighted by atomic mass is 16.5. The van der Waals surface area contributed by atoms with Crippen LogP contribution in [-0.4, -0.2) is 16.7 Å². The Balaban J connectivity index is 2.54. The van der Waals surface area contributed by atoms with Crippen LogP contribution in [0, 0.1) is 17.2 Å². The summed E-state index contributed by atoms with van der Waals surface area (Å²) in [5.74, 6) is 1.38. The molecule has 1 rings (SSSR count). The van der Waals surface area contributed by atoms with Crippen LogP contribution >= 0.6 is 0 Å². The number of hydrogen-bond donors (Lipinski definition) is 0. The minimum atomic E-state index is -0.145. The first-order valence-corrected chi connectivity index (χ1v) is 5.48. The van der Waals surface area contributed by atoms with Gasteiger partial charge in [0.15, 0.2) is 5.82 Å². The maximum absolute atomic E-state index is 8.54. The van der Waals surface area contributed by atoms with Crippen LogP contribution in [0.4, 0.5) is 0 Å². The predicted molar refractivity (Wildman–Crippen MR) is 57.4 cm³/mol. The summed E-state index contributed by atoms with van der Waals surface area (Å²) in [5.41, 5.74) is 0. The van der Waals surface area contributed by atoms with Gasteiger partial charge in [-0.3, -0.25) is 0 Å². The molecule has 0 saturated carbocycles. The summed E-state index contributed by atoms with van der Waals surface area (Å²) in [6.45, 7) is 6.41. The molecule has 2 atom stereocenters. The van der Waals surface area contributed by atoms with E-state index in [1.54, 1.807) is 0 Å². The Bertz CT molecular complexity index is 356. The second-order valence-electron chi connectivity index (χ2n) is 3.82. The molecule has 0 aliphatic carbocycles. The largest absolute Gasteiger partial charge is 0.371 e. The molecule has 0 amide bonds. The quantitative estimate of drug-likeness (QED) is 0.739. The van der Waals surface area contributed by atoms with Crippen molar-refractivity contribution in [2.75, 3.05) is 6.61 Å². The zero-order valence-electron chi connectivity index (χ0n) is 9.93. The van der Waals surface area contributed by atoms with E-state index < -0.39 is 0 Å². The van der Waals surface area contributed by atoms with Crippen LogP contribution in [0.25, 0.3) is 0 Å². The van der Waals surface area contributed by atoms with Gasteiger partial charge in [-0.2, -0.15) is 10.2 Å². The van der Waals surface area contributed by atoms with Gasteiger partial charge < -0.3 is 9.26 Å². The first-order valence-electron chi connectivity index (χ1n) is 5.48. The smallest absolute Gasteiger partial charge is 0.227 e. The summed E-state index contributed by atoms with van der Waals surface area (Å²) < 4.78 is 10.5. The molecule has 1 aromatic heterocycles. The standard InChI is InChI=1S/C11H17N3O2/c1-4-15-9(3)11-13-10(16-14-11)7-8(2)5-6-12/h8-9H,4-5,7H2,1-3H3. The molecule has 5 nitrogen and oxygen atoms in total. The average molecular weight is 223 g/mol. The van der Waals surface area contributed by atoms with Crippen molar-refractivity contribution in [1.29, 1.82) is 5.26 Å². The molecule has 0 aromatic carbocycles. The molecule has 1 aromatic rings. The minimum Gasteiger partial charge on any atom is -0.371 e. The van der Waals surface area contributed by atoms with Gasteiger partial charge >= 0.3 is 0 Å². The summed E-state index contributed by atoms with van der Waals surface area (Å²) in [6, 6.07) is 2.12. The number of rotatable bonds is 6. The highest BCUT2D eigenvalue weighted by Gasteiger charge is 2.15. The minimum absolute atomic E-state index is 0.145. The maximum atomic E-state index is 8.54. The van der Waals surface area contributed by atoms with Crippen LogP contribution < -0.4 is 0 Å². The van der Waals surface area contributed by atoms with Gasteiger partial charge in [0.1, 0.15) is 6.10 Å². The third-order valence-electron chi connectivity index (χ3n) is 2.23. The number of ether oxygens (including phenoxy) is 1. The SMILES string of the molecule is CCOC(C)c1noc(CC(C)CC#N)n1. The highest BCUT2D eigenvalue weighted by Crippen LogP contribution is 2.15. The predicted octanol–water partition coefficient (Wildman–Crippen LogP) is 2.26. The summed E-state index contributed by atoms with van der Waals surface area (Å²) in [6.07, 6.45) is 0.992. The molecule has 5 heteroatoms. The first kappa shape index (κ1) is 12.7. The van der Waals surface area contributed by atoms with E-state index in [0.717, 1.165) is 0 Å². The van der Waals surface area contributed by atoms with Crippen molar-refractivity contribution >= 4 is 0 Å². The summed E-state index contributed by atoms with van der Waals surface area (Å²) >= 11 is 0. The average Bonchev–Trinajstić information content (AvgIpc) is 2.67. The highest BCUT2D eigenvalue weighted by molar-refractivity contribution is 4.91. The van der Waals surface area contributed by atoms with Crippen molar-refractivity contribution in [1.82, 2.24) is 10.1 Å². The number of nitrogens with zero attached hydrogens (tertiary/aromatic N) is 3. The molecule has 0 N–H and O–H groups in total. The van der Waals surface area contributed by atoms with Crippen LogP contribution in [0.5, 0.6) is 0 Å². The molecule has 0 radical (unpaired) electrons. The maximum Gasteiger partial charge on any atom is 0.227 e. The van der Waals surface area contributed by atoms with Crippen LogP contribution in [0.2, 0.25) is 0 Å². The molecule has 1 heterocycles. The second kappa shape index (κ2) is 6.23. The monoisotopic (exact) mass is 223 g/mol. The first-order chi connectivity index (χ1) is 7.67. The molecule has 0 spiro atoms. The van der Waals surface area contributed by atoms with Gasteiger partial charge in [-0.25, -0.2) is 0 Å². The fraction of sp³-hybridized carbons (Fsp3) is 0.727. The molecule has 16 heavy (non-hydrogen) atoms. The fourth-order valence-electron chi connectivity index (χ4n) is 1.37. The molecular weight excluding hydrogens is 206 g/mol. The van der Waals surface area contributed by atoms with E-state index in [1.807, 2.05) is 20.8 Å². The second-order valence-corrected chi connectivity index (χ2v) is 3.82. The Morgan fingerprint density at radius 2 is 2.25 bits per heavy atom. The van der Waals surface area contributed by atoms with Crippen LogP contribution in [0.3, 0.4) is 0 Å².